The predicted molar refractivity (Wildman–Crippen MR) is 132 cm³/mol. The van der Waals surface area contributed by atoms with E-state index in [2.05, 4.69) is 25.4 Å². The Morgan fingerprint density at radius 1 is 1.29 bits per heavy atom. The van der Waals surface area contributed by atoms with Crippen LogP contribution in [0.2, 0.25) is 5.15 Å². The Bertz CT molecular complexity index is 1150. The van der Waals surface area contributed by atoms with Gasteiger partial charge in [0.25, 0.3) is 0 Å². The number of ether oxygens (including phenoxy) is 2. The van der Waals surface area contributed by atoms with Gasteiger partial charge in [0.05, 0.1) is 30.0 Å². The largest absolute Gasteiger partial charge is 0.494 e. The highest BCUT2D eigenvalue weighted by Gasteiger charge is 2.17. The van der Waals surface area contributed by atoms with E-state index in [1.54, 1.807) is 32.2 Å². The summed E-state index contributed by atoms with van der Waals surface area (Å²) in [5.41, 5.74) is 1.41. The number of nitrogens with one attached hydrogen (secondary N) is 1. The molecule has 0 unspecified atom stereocenters. The van der Waals surface area contributed by atoms with Crippen LogP contribution in [0.4, 0.5) is 22.2 Å². The van der Waals surface area contributed by atoms with E-state index in [1.165, 1.54) is 13.0 Å². The number of methoxy groups -OCH3 is 1. The molecule has 1 amide bonds. The number of halogens is 1. The molecule has 10 nitrogen and oxygen atoms in total. The fourth-order valence-corrected chi connectivity index (χ4v) is 3.93. The third-order valence-electron chi connectivity index (χ3n) is 4.44. The summed E-state index contributed by atoms with van der Waals surface area (Å²) >= 11 is 7.19. The maximum Gasteiger partial charge on any atom is 0.348 e. The molecule has 0 aliphatic carbocycles. The van der Waals surface area contributed by atoms with Gasteiger partial charge < -0.3 is 19.7 Å². The van der Waals surface area contributed by atoms with E-state index in [0.717, 1.165) is 30.1 Å². The van der Waals surface area contributed by atoms with Gasteiger partial charge in [-0.05, 0) is 32.9 Å². The second kappa shape index (κ2) is 12.7. The predicted octanol–water partition coefficient (Wildman–Crippen LogP) is 5.50. The van der Waals surface area contributed by atoms with Crippen molar-refractivity contribution in [3.05, 3.63) is 27.7 Å². The Morgan fingerprint density at radius 3 is 2.56 bits per heavy atom. The van der Waals surface area contributed by atoms with Crippen LogP contribution in [-0.2, 0) is 14.3 Å². The second-order valence-electron chi connectivity index (χ2n) is 6.64. The minimum Gasteiger partial charge on any atom is -0.494 e. The minimum atomic E-state index is -0.752. The first-order valence-electron chi connectivity index (χ1n) is 10.4. The molecule has 0 fully saturated rings. The molecule has 34 heavy (non-hydrogen) atoms. The highest BCUT2D eigenvalue weighted by molar-refractivity contribution is 7.16. The van der Waals surface area contributed by atoms with Crippen molar-refractivity contribution < 1.29 is 19.1 Å². The molecule has 12 heteroatoms. The molecule has 2 aromatic rings. The summed E-state index contributed by atoms with van der Waals surface area (Å²) < 4.78 is 10.4. The number of hydrogen-bond donors (Lipinski definition) is 1. The standard InChI is InChI=1S/C22H25ClN6O4S/c1-6-29(7-2)17-10-15(25-13(4)30)16(11-18(17)32-5)27-28-22-26-20(23)19(34-22)9-14(12-24)21(31)33-8-3/h9-11H,6-8H2,1-5H3,(H,25,30)/b14-9+,28-27?. The summed E-state index contributed by atoms with van der Waals surface area (Å²) in [7, 11) is 1.55. The van der Waals surface area contributed by atoms with Crippen molar-refractivity contribution in [1.29, 1.82) is 5.26 Å². The summed E-state index contributed by atoms with van der Waals surface area (Å²) in [5, 5.41) is 20.6. The molecule has 180 valence electrons. The SMILES string of the molecule is CCOC(=O)/C(C#N)=C/c1sc(N=Nc2cc(OC)c(N(CC)CC)cc2NC(C)=O)nc1Cl. The van der Waals surface area contributed by atoms with E-state index in [1.807, 2.05) is 13.8 Å². The first-order chi connectivity index (χ1) is 16.3. The first-order valence-corrected chi connectivity index (χ1v) is 11.6. The third-order valence-corrected chi connectivity index (χ3v) is 5.73. The van der Waals surface area contributed by atoms with Crippen LogP contribution in [-0.4, -0.2) is 43.7 Å². The van der Waals surface area contributed by atoms with Crippen molar-refractivity contribution in [3.63, 3.8) is 0 Å². The molecular weight excluding hydrogens is 480 g/mol. The average molecular weight is 505 g/mol. The van der Waals surface area contributed by atoms with Crippen molar-refractivity contribution in [2.24, 2.45) is 10.2 Å². The van der Waals surface area contributed by atoms with Crippen LogP contribution in [0.1, 0.15) is 32.6 Å². The molecule has 0 bridgehead atoms. The van der Waals surface area contributed by atoms with Crippen molar-refractivity contribution in [2.45, 2.75) is 27.7 Å². The number of carbonyl (C=O) groups is 2. The summed E-state index contributed by atoms with van der Waals surface area (Å²) in [6, 6.07) is 5.24. The van der Waals surface area contributed by atoms with Crippen LogP contribution >= 0.6 is 22.9 Å². The molecule has 1 aromatic heterocycles. The number of anilines is 2. The lowest BCUT2D eigenvalue weighted by Crippen LogP contribution is -2.22. The number of azo groups is 1. The number of carbonyl (C=O) groups excluding carboxylic acids is 2. The maximum absolute atomic E-state index is 11.8. The van der Waals surface area contributed by atoms with Gasteiger partial charge >= 0.3 is 5.97 Å². The van der Waals surface area contributed by atoms with Crippen molar-refractivity contribution in [3.8, 4) is 11.8 Å². The van der Waals surface area contributed by atoms with Gasteiger partial charge in [-0.3, -0.25) is 4.79 Å². The molecule has 0 atom stereocenters. The Morgan fingerprint density at radius 2 is 2.00 bits per heavy atom. The van der Waals surface area contributed by atoms with Gasteiger partial charge in [0, 0.05) is 26.1 Å². The van der Waals surface area contributed by atoms with Crippen molar-refractivity contribution in [1.82, 2.24) is 4.98 Å². The molecule has 0 saturated heterocycles. The second-order valence-corrected chi connectivity index (χ2v) is 8.00. The normalized spacial score (nSPS) is 11.3. The Kier molecular flexibility index (Phi) is 9.97. The number of hydrogen-bond acceptors (Lipinski definition) is 10. The van der Waals surface area contributed by atoms with Gasteiger partial charge in [0.15, 0.2) is 0 Å². The van der Waals surface area contributed by atoms with Crippen LogP contribution in [0, 0.1) is 11.3 Å². The van der Waals surface area contributed by atoms with Crippen molar-refractivity contribution in [2.75, 3.05) is 37.0 Å². The number of benzene rings is 1. The van der Waals surface area contributed by atoms with E-state index in [0.29, 0.717) is 22.0 Å². The van der Waals surface area contributed by atoms with E-state index >= 15 is 0 Å². The molecule has 0 spiro atoms. The fourth-order valence-electron chi connectivity index (χ4n) is 2.91. The molecule has 1 aromatic carbocycles. The van der Waals surface area contributed by atoms with Gasteiger partial charge in [-0.1, -0.05) is 22.9 Å². The highest BCUT2D eigenvalue weighted by atomic mass is 35.5. The van der Waals surface area contributed by atoms with Gasteiger partial charge in [0.1, 0.15) is 28.2 Å². The Balaban J connectivity index is 2.46. The van der Waals surface area contributed by atoms with Crippen molar-refractivity contribution >= 4 is 63.1 Å². The van der Waals surface area contributed by atoms with E-state index < -0.39 is 5.97 Å². The van der Waals surface area contributed by atoms with E-state index in [9.17, 15) is 14.9 Å². The topological polar surface area (TPSA) is 129 Å². The van der Waals surface area contributed by atoms with E-state index in [-0.39, 0.29) is 28.4 Å². The Labute approximate surface area is 206 Å². The number of aromatic nitrogens is 1. The lowest BCUT2D eigenvalue weighted by atomic mass is 10.2. The molecule has 0 radical (unpaired) electrons. The monoisotopic (exact) mass is 504 g/mol. The van der Waals surface area contributed by atoms with Gasteiger partial charge in [-0.15, -0.1) is 10.2 Å². The maximum atomic E-state index is 11.8. The Hall–Kier alpha value is -3.49. The van der Waals surface area contributed by atoms with Crippen LogP contribution < -0.4 is 15.0 Å². The van der Waals surface area contributed by atoms with Gasteiger partial charge in [-0.25, -0.2) is 9.78 Å². The van der Waals surface area contributed by atoms with Crippen LogP contribution in [0.5, 0.6) is 5.75 Å². The molecule has 0 aliphatic heterocycles. The summed E-state index contributed by atoms with van der Waals surface area (Å²) in [6.45, 7) is 8.72. The molecule has 1 heterocycles. The van der Waals surface area contributed by atoms with Crippen LogP contribution in [0.15, 0.2) is 27.9 Å². The number of nitrogens with zero attached hydrogens (tertiary/aromatic N) is 5. The van der Waals surface area contributed by atoms with Crippen LogP contribution in [0.3, 0.4) is 0 Å². The number of nitriles is 1. The molecular formula is C22H25ClN6O4S. The number of rotatable bonds is 10. The fraction of sp³-hybridized carbons (Fsp3) is 0.364. The highest BCUT2D eigenvalue weighted by Crippen LogP contribution is 2.40. The quantitative estimate of drug-likeness (QED) is 0.196. The smallest absolute Gasteiger partial charge is 0.348 e. The first kappa shape index (κ1) is 26.8. The summed E-state index contributed by atoms with van der Waals surface area (Å²) in [6.07, 6.45) is 1.29. The summed E-state index contributed by atoms with van der Waals surface area (Å²) in [5.74, 6) is -0.446. The molecule has 0 saturated carbocycles. The lowest BCUT2D eigenvalue weighted by molar-refractivity contribution is -0.137. The average Bonchev–Trinajstić information content (AvgIpc) is 3.16. The molecule has 1 N–H and O–H groups in total. The van der Waals surface area contributed by atoms with Gasteiger partial charge in [0.2, 0.25) is 11.0 Å². The molecule has 2 rings (SSSR count). The zero-order chi connectivity index (χ0) is 25.3. The lowest BCUT2D eigenvalue weighted by Gasteiger charge is -2.24. The summed E-state index contributed by atoms with van der Waals surface area (Å²) in [4.78, 5) is 30.2. The molecule has 0 aliphatic rings. The number of amides is 1. The van der Waals surface area contributed by atoms with Gasteiger partial charge in [-0.2, -0.15) is 5.26 Å². The minimum absolute atomic E-state index is 0.0625. The van der Waals surface area contributed by atoms with E-state index in [4.69, 9.17) is 21.1 Å². The number of esters is 1. The zero-order valence-electron chi connectivity index (χ0n) is 19.5. The number of thiazole rings is 1. The van der Waals surface area contributed by atoms with Crippen LogP contribution in [0.25, 0.3) is 6.08 Å². The third kappa shape index (κ3) is 6.76. The zero-order valence-corrected chi connectivity index (χ0v) is 21.1.